The van der Waals surface area contributed by atoms with E-state index in [2.05, 4.69) is 20.8 Å². The summed E-state index contributed by atoms with van der Waals surface area (Å²) in [4.78, 5) is 23.7. The standard InChI is InChI=1S/C18H16FN5O4/c1-2-14-11(18(26)27)8-15(28-14)17(25)20-10-5-6-12(19)13(7-10)24-16(9-3-4-9)21-22-23-24/h5-9H,2-4H2,1H3,(H,20,25)(H,26,27). The highest BCUT2D eigenvalue weighted by atomic mass is 19.1. The highest BCUT2D eigenvalue weighted by molar-refractivity contribution is 6.04. The zero-order valence-corrected chi connectivity index (χ0v) is 14.8. The summed E-state index contributed by atoms with van der Waals surface area (Å²) in [6.07, 6.45) is 2.23. The van der Waals surface area contributed by atoms with Crippen LogP contribution in [0.25, 0.3) is 5.69 Å². The predicted molar refractivity (Wildman–Crippen MR) is 94.1 cm³/mol. The number of amides is 1. The molecule has 4 rings (SSSR count). The molecule has 2 heterocycles. The second-order valence-electron chi connectivity index (χ2n) is 6.45. The van der Waals surface area contributed by atoms with Crippen LogP contribution in [0.4, 0.5) is 10.1 Å². The smallest absolute Gasteiger partial charge is 0.339 e. The molecule has 2 N–H and O–H groups in total. The molecule has 0 bridgehead atoms. The molecule has 1 aromatic carbocycles. The number of carbonyl (C=O) groups is 2. The van der Waals surface area contributed by atoms with Crippen LogP contribution < -0.4 is 5.32 Å². The first-order valence-corrected chi connectivity index (χ1v) is 8.73. The number of anilines is 1. The number of nitrogens with zero attached hydrogens (tertiary/aromatic N) is 4. The Morgan fingerprint density at radius 3 is 2.79 bits per heavy atom. The molecule has 3 aromatic rings. The lowest BCUT2D eigenvalue weighted by molar-refractivity contribution is 0.0694. The number of hydrogen-bond acceptors (Lipinski definition) is 6. The van der Waals surface area contributed by atoms with Gasteiger partial charge < -0.3 is 14.8 Å². The summed E-state index contributed by atoms with van der Waals surface area (Å²) >= 11 is 0. The van der Waals surface area contributed by atoms with Crippen LogP contribution >= 0.6 is 0 Å². The summed E-state index contributed by atoms with van der Waals surface area (Å²) in [5.74, 6) is -1.49. The second kappa shape index (κ2) is 6.87. The van der Waals surface area contributed by atoms with Crippen molar-refractivity contribution in [2.45, 2.75) is 32.1 Å². The van der Waals surface area contributed by atoms with Gasteiger partial charge in [0, 0.05) is 24.1 Å². The van der Waals surface area contributed by atoms with Gasteiger partial charge in [0.15, 0.2) is 11.6 Å². The maximum Gasteiger partial charge on any atom is 0.339 e. The Labute approximate surface area is 158 Å². The number of furan rings is 1. The number of hydrogen-bond donors (Lipinski definition) is 2. The molecule has 1 saturated carbocycles. The Morgan fingerprint density at radius 2 is 2.14 bits per heavy atom. The number of benzene rings is 1. The molecular formula is C18H16FN5O4. The Kier molecular flexibility index (Phi) is 4.38. The van der Waals surface area contributed by atoms with E-state index in [-0.39, 0.29) is 28.7 Å². The van der Waals surface area contributed by atoms with Crippen LogP contribution in [0.3, 0.4) is 0 Å². The van der Waals surface area contributed by atoms with Crippen molar-refractivity contribution < 1.29 is 23.5 Å². The van der Waals surface area contributed by atoms with Crippen molar-refractivity contribution in [3.63, 3.8) is 0 Å². The number of carboxylic acids is 1. The Hall–Kier alpha value is -3.56. The van der Waals surface area contributed by atoms with Gasteiger partial charge in [-0.1, -0.05) is 6.92 Å². The Bertz CT molecular complexity index is 1070. The van der Waals surface area contributed by atoms with Crippen molar-refractivity contribution in [1.29, 1.82) is 0 Å². The molecule has 144 valence electrons. The largest absolute Gasteiger partial charge is 0.478 e. The number of nitrogens with one attached hydrogen (secondary N) is 1. The lowest BCUT2D eigenvalue weighted by atomic mass is 10.2. The molecule has 2 aromatic heterocycles. The SMILES string of the molecule is CCc1oc(C(=O)Nc2ccc(F)c(-n3nnnc3C3CC3)c2)cc1C(=O)O. The van der Waals surface area contributed by atoms with Crippen molar-refractivity contribution in [2.75, 3.05) is 5.32 Å². The summed E-state index contributed by atoms with van der Waals surface area (Å²) in [6.45, 7) is 1.73. The van der Waals surface area contributed by atoms with E-state index < -0.39 is 17.7 Å². The molecule has 0 radical (unpaired) electrons. The third kappa shape index (κ3) is 3.24. The van der Waals surface area contributed by atoms with Gasteiger partial charge in [0.25, 0.3) is 5.91 Å². The van der Waals surface area contributed by atoms with E-state index in [1.54, 1.807) is 6.92 Å². The fraction of sp³-hybridized carbons (Fsp3) is 0.278. The fourth-order valence-corrected chi connectivity index (χ4v) is 2.89. The van der Waals surface area contributed by atoms with Gasteiger partial charge in [-0.2, -0.15) is 4.68 Å². The van der Waals surface area contributed by atoms with E-state index in [9.17, 15) is 19.1 Å². The average molecular weight is 385 g/mol. The van der Waals surface area contributed by atoms with E-state index in [0.717, 1.165) is 12.8 Å². The molecule has 28 heavy (non-hydrogen) atoms. The van der Waals surface area contributed by atoms with E-state index in [1.807, 2.05) is 0 Å². The number of carboxylic acid groups (broad SMARTS) is 1. The predicted octanol–water partition coefficient (Wildman–Crippen LogP) is 2.78. The quantitative estimate of drug-likeness (QED) is 0.669. The molecule has 1 aliphatic rings. The van der Waals surface area contributed by atoms with Crippen LogP contribution in [-0.4, -0.2) is 37.2 Å². The van der Waals surface area contributed by atoms with E-state index >= 15 is 0 Å². The van der Waals surface area contributed by atoms with Crippen LogP contribution in [0, 0.1) is 5.82 Å². The summed E-state index contributed by atoms with van der Waals surface area (Å²) in [5, 5.41) is 23.2. The molecular weight excluding hydrogens is 369 g/mol. The summed E-state index contributed by atoms with van der Waals surface area (Å²) in [7, 11) is 0. The average Bonchev–Trinajstić information content (AvgIpc) is 3.23. The van der Waals surface area contributed by atoms with Crippen molar-refractivity contribution in [2.24, 2.45) is 0 Å². The molecule has 9 nitrogen and oxygen atoms in total. The minimum Gasteiger partial charge on any atom is -0.478 e. The molecule has 0 atom stereocenters. The van der Waals surface area contributed by atoms with Gasteiger partial charge in [0.2, 0.25) is 0 Å². The maximum atomic E-state index is 14.3. The third-order valence-corrected chi connectivity index (χ3v) is 4.45. The molecule has 1 aliphatic carbocycles. The lowest BCUT2D eigenvalue weighted by Gasteiger charge is -2.09. The first-order chi connectivity index (χ1) is 13.5. The lowest BCUT2D eigenvalue weighted by Crippen LogP contribution is -2.12. The van der Waals surface area contributed by atoms with Crippen LogP contribution in [0.15, 0.2) is 28.7 Å². The van der Waals surface area contributed by atoms with Gasteiger partial charge in [-0.05, 0) is 41.5 Å². The topological polar surface area (TPSA) is 123 Å². The number of halogens is 1. The molecule has 0 saturated heterocycles. The van der Waals surface area contributed by atoms with Crippen molar-refractivity contribution >= 4 is 17.6 Å². The molecule has 1 amide bonds. The van der Waals surface area contributed by atoms with Crippen molar-refractivity contribution in [3.8, 4) is 5.69 Å². The maximum absolute atomic E-state index is 14.3. The van der Waals surface area contributed by atoms with Crippen molar-refractivity contribution in [1.82, 2.24) is 20.2 Å². The number of aromatic nitrogens is 4. The molecule has 0 aliphatic heterocycles. The van der Waals surface area contributed by atoms with Gasteiger partial charge in [-0.15, -0.1) is 5.10 Å². The highest BCUT2D eigenvalue weighted by Gasteiger charge is 2.30. The fourth-order valence-electron chi connectivity index (χ4n) is 2.89. The molecule has 0 unspecified atom stereocenters. The van der Waals surface area contributed by atoms with Crippen LogP contribution in [0.2, 0.25) is 0 Å². The highest BCUT2D eigenvalue weighted by Crippen LogP contribution is 2.39. The summed E-state index contributed by atoms with van der Waals surface area (Å²) < 4.78 is 21.0. The van der Waals surface area contributed by atoms with Gasteiger partial charge in [0.1, 0.15) is 22.8 Å². The number of tetrazole rings is 1. The second-order valence-corrected chi connectivity index (χ2v) is 6.45. The van der Waals surface area contributed by atoms with Crippen LogP contribution in [-0.2, 0) is 6.42 Å². The van der Waals surface area contributed by atoms with Gasteiger partial charge >= 0.3 is 5.97 Å². The first-order valence-electron chi connectivity index (χ1n) is 8.73. The van der Waals surface area contributed by atoms with Crippen molar-refractivity contribution in [3.05, 3.63) is 53.0 Å². The van der Waals surface area contributed by atoms with Crippen LogP contribution in [0.5, 0.6) is 0 Å². The number of carbonyl (C=O) groups excluding carboxylic acids is 1. The molecule has 1 fully saturated rings. The minimum absolute atomic E-state index is 0.0600. The van der Waals surface area contributed by atoms with E-state index in [0.29, 0.717) is 17.9 Å². The third-order valence-electron chi connectivity index (χ3n) is 4.45. The van der Waals surface area contributed by atoms with Gasteiger partial charge in [-0.25, -0.2) is 9.18 Å². The number of aryl methyl sites for hydroxylation is 1. The van der Waals surface area contributed by atoms with Gasteiger partial charge in [-0.3, -0.25) is 4.79 Å². The zero-order chi connectivity index (χ0) is 19.8. The first kappa shape index (κ1) is 17.8. The molecule has 10 heteroatoms. The number of aromatic carboxylic acids is 1. The van der Waals surface area contributed by atoms with E-state index in [1.165, 1.54) is 28.9 Å². The summed E-state index contributed by atoms with van der Waals surface area (Å²) in [5.41, 5.74) is 0.352. The Balaban J connectivity index is 1.61. The van der Waals surface area contributed by atoms with Gasteiger partial charge in [0.05, 0.1) is 0 Å². The summed E-state index contributed by atoms with van der Waals surface area (Å²) in [6, 6.07) is 5.18. The van der Waals surface area contributed by atoms with Crippen LogP contribution in [0.1, 0.15) is 58.2 Å². The normalized spacial score (nSPS) is 13.5. The van der Waals surface area contributed by atoms with E-state index in [4.69, 9.17) is 4.42 Å². The zero-order valence-electron chi connectivity index (χ0n) is 14.8. The Morgan fingerprint density at radius 1 is 1.36 bits per heavy atom. The minimum atomic E-state index is -1.17. The monoisotopic (exact) mass is 385 g/mol. The molecule has 0 spiro atoms. The number of rotatable bonds is 6.